The van der Waals surface area contributed by atoms with Gasteiger partial charge in [0.2, 0.25) is 0 Å². The Morgan fingerprint density at radius 2 is 1.71 bits per heavy atom. The van der Waals surface area contributed by atoms with E-state index >= 15 is 0 Å². The highest BCUT2D eigenvalue weighted by Crippen LogP contribution is 2.34. The Labute approximate surface area is 122 Å². The zero-order valence-electron chi connectivity index (χ0n) is 11.8. The van der Waals surface area contributed by atoms with Crippen molar-refractivity contribution in [2.75, 3.05) is 26.2 Å². The Kier molecular flexibility index (Phi) is 4.91. The van der Waals surface area contributed by atoms with Crippen molar-refractivity contribution in [2.24, 2.45) is 11.7 Å². The maximum atomic E-state index is 12.6. The van der Waals surface area contributed by atoms with E-state index in [0.29, 0.717) is 18.7 Å². The van der Waals surface area contributed by atoms with Crippen LogP contribution >= 0.6 is 0 Å². The summed E-state index contributed by atoms with van der Waals surface area (Å²) in [4.78, 5) is 1.86. The summed E-state index contributed by atoms with van der Waals surface area (Å²) in [5, 5.41) is 10.7. The largest absolute Gasteiger partial charge is 0.391 e. The fourth-order valence-electron chi connectivity index (χ4n) is 2.81. The first-order chi connectivity index (χ1) is 9.85. The molecule has 0 amide bonds. The van der Waals surface area contributed by atoms with E-state index in [9.17, 15) is 18.3 Å². The molecule has 21 heavy (non-hydrogen) atoms. The Balaban J connectivity index is 1.98. The minimum Gasteiger partial charge on any atom is -0.382 e. The van der Waals surface area contributed by atoms with Crippen molar-refractivity contribution >= 4 is 0 Å². The second-order valence-corrected chi connectivity index (χ2v) is 5.69. The maximum absolute atomic E-state index is 12.6. The number of β-amino-alcohol motifs (C(OH)–C–C–N with tert-alkyl or cyclic N) is 1. The molecule has 0 spiro atoms. The van der Waals surface area contributed by atoms with Crippen LogP contribution < -0.4 is 5.73 Å². The number of halogens is 3. The third kappa shape index (κ3) is 3.96. The molecular weight excluding hydrogens is 281 g/mol. The van der Waals surface area contributed by atoms with Gasteiger partial charge in [-0.05, 0) is 31.5 Å². The van der Waals surface area contributed by atoms with Gasteiger partial charge in [-0.1, -0.05) is 30.3 Å². The van der Waals surface area contributed by atoms with Crippen LogP contribution in [0.2, 0.25) is 0 Å². The van der Waals surface area contributed by atoms with Gasteiger partial charge >= 0.3 is 6.18 Å². The minimum atomic E-state index is -4.12. The van der Waals surface area contributed by atoms with Gasteiger partial charge in [0.1, 0.15) is 5.60 Å². The molecular formula is C15H21F3N2O. The molecule has 118 valence electrons. The van der Waals surface area contributed by atoms with E-state index < -0.39 is 17.7 Å². The number of benzene rings is 1. The number of rotatable bonds is 4. The Morgan fingerprint density at radius 3 is 2.19 bits per heavy atom. The highest BCUT2D eigenvalue weighted by Gasteiger charge is 2.42. The molecule has 0 bridgehead atoms. The van der Waals surface area contributed by atoms with Gasteiger partial charge in [-0.25, -0.2) is 0 Å². The Morgan fingerprint density at radius 1 is 1.14 bits per heavy atom. The normalized spacial score (nSPS) is 21.2. The van der Waals surface area contributed by atoms with Gasteiger partial charge < -0.3 is 15.7 Å². The first-order valence-corrected chi connectivity index (χ1v) is 7.12. The zero-order valence-corrected chi connectivity index (χ0v) is 11.8. The molecule has 1 atom stereocenters. The second kappa shape index (κ2) is 6.34. The number of likely N-dealkylation sites (tertiary alicyclic amines) is 1. The smallest absolute Gasteiger partial charge is 0.382 e. The van der Waals surface area contributed by atoms with Crippen LogP contribution in [0.1, 0.15) is 18.4 Å². The summed E-state index contributed by atoms with van der Waals surface area (Å²) in [6.45, 7) is 0.965. The average Bonchev–Trinajstić information content (AvgIpc) is 2.47. The van der Waals surface area contributed by atoms with Crippen LogP contribution in [0.3, 0.4) is 0 Å². The van der Waals surface area contributed by atoms with E-state index in [4.69, 9.17) is 5.73 Å². The number of alkyl halides is 3. The zero-order chi connectivity index (χ0) is 15.5. The molecule has 1 aromatic rings. The summed E-state index contributed by atoms with van der Waals surface area (Å²) in [5.41, 5.74) is 5.18. The van der Waals surface area contributed by atoms with Crippen molar-refractivity contribution in [1.82, 2.24) is 4.90 Å². The first kappa shape index (κ1) is 16.3. The van der Waals surface area contributed by atoms with Crippen LogP contribution in [0, 0.1) is 5.92 Å². The molecule has 3 nitrogen and oxygen atoms in total. The SMILES string of the molecule is NCC(O)(CN1CCC(C(F)(F)F)CC1)c1ccccc1. The van der Waals surface area contributed by atoms with Crippen molar-refractivity contribution in [1.29, 1.82) is 0 Å². The molecule has 1 aliphatic rings. The predicted octanol–water partition coefficient (Wildman–Crippen LogP) is 2.11. The lowest BCUT2D eigenvalue weighted by Crippen LogP contribution is -2.49. The van der Waals surface area contributed by atoms with Crippen molar-refractivity contribution in [3.8, 4) is 0 Å². The van der Waals surface area contributed by atoms with Gasteiger partial charge in [0.15, 0.2) is 0 Å². The monoisotopic (exact) mass is 302 g/mol. The number of piperidine rings is 1. The van der Waals surface area contributed by atoms with E-state index in [2.05, 4.69) is 0 Å². The van der Waals surface area contributed by atoms with Crippen molar-refractivity contribution in [3.05, 3.63) is 35.9 Å². The Bertz CT molecular complexity index is 444. The molecule has 1 aliphatic heterocycles. The molecule has 0 aliphatic carbocycles. The molecule has 1 fully saturated rings. The number of nitrogens with two attached hydrogens (primary N) is 1. The summed E-state index contributed by atoms with van der Waals surface area (Å²) in [6, 6.07) is 9.04. The first-order valence-electron chi connectivity index (χ1n) is 7.12. The summed E-state index contributed by atoms with van der Waals surface area (Å²) < 4.78 is 37.9. The number of hydrogen-bond acceptors (Lipinski definition) is 3. The van der Waals surface area contributed by atoms with Gasteiger partial charge in [0, 0.05) is 13.1 Å². The molecule has 2 rings (SSSR count). The lowest BCUT2D eigenvalue weighted by atomic mass is 9.90. The summed E-state index contributed by atoms with van der Waals surface area (Å²) in [5.74, 6) is -1.23. The van der Waals surface area contributed by atoms with E-state index in [0.717, 1.165) is 0 Å². The van der Waals surface area contributed by atoms with Gasteiger partial charge in [0.05, 0.1) is 5.92 Å². The molecule has 3 N–H and O–H groups in total. The molecule has 0 saturated carbocycles. The predicted molar refractivity (Wildman–Crippen MR) is 74.6 cm³/mol. The van der Waals surface area contributed by atoms with Crippen LogP contribution in [0.25, 0.3) is 0 Å². The highest BCUT2D eigenvalue weighted by atomic mass is 19.4. The van der Waals surface area contributed by atoms with Gasteiger partial charge in [-0.15, -0.1) is 0 Å². The van der Waals surface area contributed by atoms with E-state index in [1.54, 1.807) is 12.1 Å². The van der Waals surface area contributed by atoms with E-state index in [1.165, 1.54) is 0 Å². The number of aliphatic hydroxyl groups is 1. The lowest BCUT2D eigenvalue weighted by Gasteiger charge is -2.38. The Hall–Kier alpha value is -1.11. The van der Waals surface area contributed by atoms with Gasteiger partial charge in [-0.2, -0.15) is 13.2 Å². The van der Waals surface area contributed by atoms with Gasteiger partial charge in [-0.3, -0.25) is 0 Å². The average molecular weight is 302 g/mol. The van der Waals surface area contributed by atoms with Crippen molar-refractivity contribution < 1.29 is 18.3 Å². The molecule has 6 heteroatoms. The molecule has 1 aromatic carbocycles. The molecule has 0 radical (unpaired) electrons. The highest BCUT2D eigenvalue weighted by molar-refractivity contribution is 5.23. The minimum absolute atomic E-state index is 0.0379. The summed E-state index contributed by atoms with van der Waals surface area (Å²) >= 11 is 0. The second-order valence-electron chi connectivity index (χ2n) is 5.69. The van der Waals surface area contributed by atoms with Crippen LogP contribution in [0.5, 0.6) is 0 Å². The number of nitrogens with zero attached hydrogens (tertiary/aromatic N) is 1. The fraction of sp³-hybridized carbons (Fsp3) is 0.600. The van der Waals surface area contributed by atoms with Crippen LogP contribution in [0.15, 0.2) is 30.3 Å². The van der Waals surface area contributed by atoms with E-state index in [1.807, 2.05) is 23.1 Å². The van der Waals surface area contributed by atoms with Crippen molar-refractivity contribution in [2.45, 2.75) is 24.6 Å². The summed E-state index contributed by atoms with van der Waals surface area (Å²) in [7, 11) is 0. The van der Waals surface area contributed by atoms with Crippen LogP contribution in [-0.2, 0) is 5.60 Å². The molecule has 1 unspecified atom stereocenters. The fourth-order valence-corrected chi connectivity index (χ4v) is 2.81. The van der Waals surface area contributed by atoms with Crippen molar-refractivity contribution in [3.63, 3.8) is 0 Å². The van der Waals surface area contributed by atoms with Crippen LogP contribution in [0.4, 0.5) is 13.2 Å². The maximum Gasteiger partial charge on any atom is 0.391 e. The molecule has 1 heterocycles. The third-order valence-electron chi connectivity index (χ3n) is 4.18. The standard InChI is InChI=1S/C15H21F3N2O/c16-15(17,18)13-6-8-20(9-7-13)11-14(21,10-19)12-4-2-1-3-5-12/h1-5,13,21H,6-11,19H2. The summed E-state index contributed by atoms with van der Waals surface area (Å²) in [6.07, 6.45) is -3.95. The molecule has 1 saturated heterocycles. The third-order valence-corrected chi connectivity index (χ3v) is 4.18. The quantitative estimate of drug-likeness (QED) is 0.895. The van der Waals surface area contributed by atoms with Gasteiger partial charge in [0.25, 0.3) is 0 Å². The van der Waals surface area contributed by atoms with E-state index in [-0.39, 0.29) is 25.9 Å². The molecule has 0 aromatic heterocycles. The van der Waals surface area contributed by atoms with Crippen LogP contribution in [-0.4, -0.2) is 42.4 Å². The lowest BCUT2D eigenvalue weighted by molar-refractivity contribution is -0.186. The topological polar surface area (TPSA) is 49.5 Å². The number of hydrogen-bond donors (Lipinski definition) is 2.